The van der Waals surface area contributed by atoms with Crippen molar-refractivity contribution in [2.24, 2.45) is 5.92 Å². The van der Waals surface area contributed by atoms with E-state index in [0.717, 1.165) is 19.3 Å². The number of ether oxygens (including phenoxy) is 1. The summed E-state index contributed by atoms with van der Waals surface area (Å²) in [7, 11) is -1.98. The standard InChI is InChI=1S/C12H22N2O3S/c1-3-11-4-6-12(10-13,7-5-11)14-18(15,16)9-8-17-2/h11,14H,3-9H2,1-2H3. The van der Waals surface area contributed by atoms with Crippen LogP contribution in [0.3, 0.4) is 0 Å². The van der Waals surface area contributed by atoms with Gasteiger partial charge < -0.3 is 4.74 Å². The molecule has 104 valence electrons. The predicted molar refractivity (Wildman–Crippen MR) is 69.4 cm³/mol. The van der Waals surface area contributed by atoms with Gasteiger partial charge in [-0.1, -0.05) is 13.3 Å². The molecule has 0 atom stereocenters. The second kappa shape index (κ2) is 6.50. The second-order valence-corrected chi connectivity index (χ2v) is 6.80. The van der Waals surface area contributed by atoms with Gasteiger partial charge in [-0.2, -0.15) is 9.98 Å². The Morgan fingerprint density at radius 1 is 1.44 bits per heavy atom. The Kier molecular flexibility index (Phi) is 5.57. The maximum atomic E-state index is 11.8. The summed E-state index contributed by atoms with van der Waals surface area (Å²) in [4.78, 5) is 0. The number of nitrogens with zero attached hydrogens (tertiary/aromatic N) is 1. The molecule has 6 heteroatoms. The molecule has 18 heavy (non-hydrogen) atoms. The van der Waals surface area contributed by atoms with Gasteiger partial charge in [0, 0.05) is 7.11 Å². The number of rotatable bonds is 6. The molecule has 1 aliphatic carbocycles. The van der Waals surface area contributed by atoms with E-state index in [1.807, 2.05) is 0 Å². The van der Waals surface area contributed by atoms with Gasteiger partial charge in [0.05, 0.1) is 18.4 Å². The third-order valence-corrected chi connectivity index (χ3v) is 5.06. The zero-order chi connectivity index (χ0) is 13.6. The lowest BCUT2D eigenvalue weighted by Crippen LogP contribution is -2.50. The maximum Gasteiger partial charge on any atom is 0.215 e. The molecule has 0 saturated heterocycles. The monoisotopic (exact) mass is 274 g/mol. The Balaban J connectivity index is 2.65. The van der Waals surface area contributed by atoms with Gasteiger partial charge in [0.1, 0.15) is 5.54 Å². The lowest BCUT2D eigenvalue weighted by molar-refractivity contribution is 0.215. The first-order valence-electron chi connectivity index (χ1n) is 6.39. The van der Waals surface area contributed by atoms with Crippen molar-refractivity contribution in [2.75, 3.05) is 19.5 Å². The highest BCUT2D eigenvalue weighted by Crippen LogP contribution is 2.33. The van der Waals surface area contributed by atoms with Crippen molar-refractivity contribution in [3.63, 3.8) is 0 Å². The largest absolute Gasteiger partial charge is 0.384 e. The summed E-state index contributed by atoms with van der Waals surface area (Å²) in [5, 5.41) is 9.28. The van der Waals surface area contributed by atoms with E-state index in [1.54, 1.807) is 0 Å². The Labute approximate surface area is 110 Å². The van der Waals surface area contributed by atoms with Crippen LogP contribution in [0.25, 0.3) is 0 Å². The Hall–Kier alpha value is -0.640. The maximum absolute atomic E-state index is 11.8. The van der Waals surface area contributed by atoms with Crippen LogP contribution in [0.15, 0.2) is 0 Å². The molecule has 0 aliphatic heterocycles. The smallest absolute Gasteiger partial charge is 0.215 e. The number of nitriles is 1. The van der Waals surface area contributed by atoms with Crippen LogP contribution in [-0.2, 0) is 14.8 Å². The molecule has 1 fully saturated rings. The molecule has 0 aromatic carbocycles. The third kappa shape index (κ3) is 4.23. The fourth-order valence-corrected chi connectivity index (χ4v) is 3.69. The van der Waals surface area contributed by atoms with Crippen molar-refractivity contribution < 1.29 is 13.2 Å². The summed E-state index contributed by atoms with van der Waals surface area (Å²) in [5.74, 6) is 0.527. The summed E-state index contributed by atoms with van der Waals surface area (Å²) < 4.78 is 31.0. The predicted octanol–water partition coefficient (Wildman–Crippen LogP) is 1.41. The number of nitrogens with one attached hydrogen (secondary N) is 1. The summed E-state index contributed by atoms with van der Waals surface area (Å²) in [6, 6.07) is 2.16. The van der Waals surface area contributed by atoms with E-state index in [1.165, 1.54) is 7.11 Å². The Bertz CT molecular complexity index is 392. The average molecular weight is 274 g/mol. The number of hydrogen-bond donors (Lipinski definition) is 1. The van der Waals surface area contributed by atoms with Gasteiger partial charge in [-0.25, -0.2) is 8.42 Å². The summed E-state index contributed by atoms with van der Waals surface area (Å²) >= 11 is 0. The van der Waals surface area contributed by atoms with Crippen molar-refractivity contribution in [3.8, 4) is 6.07 Å². The minimum Gasteiger partial charge on any atom is -0.384 e. The molecule has 5 nitrogen and oxygen atoms in total. The summed E-state index contributed by atoms with van der Waals surface area (Å²) in [5.41, 5.74) is -0.905. The molecule has 0 aromatic rings. The molecule has 1 N–H and O–H groups in total. The fraction of sp³-hybridized carbons (Fsp3) is 0.917. The van der Waals surface area contributed by atoms with Crippen LogP contribution in [0.2, 0.25) is 0 Å². The van der Waals surface area contributed by atoms with Gasteiger partial charge in [-0.15, -0.1) is 0 Å². The van der Waals surface area contributed by atoms with Crippen molar-refractivity contribution >= 4 is 10.0 Å². The van der Waals surface area contributed by atoms with Crippen LogP contribution in [0, 0.1) is 17.2 Å². The molecule has 0 radical (unpaired) electrons. The molecule has 1 rings (SSSR count). The Morgan fingerprint density at radius 3 is 2.50 bits per heavy atom. The summed E-state index contributed by atoms with van der Waals surface area (Å²) in [6.07, 6.45) is 4.13. The summed E-state index contributed by atoms with van der Waals surface area (Å²) in [6.45, 7) is 2.28. The normalized spacial score (nSPS) is 28.8. The first kappa shape index (κ1) is 15.4. The van der Waals surface area contributed by atoms with Gasteiger partial charge in [0.25, 0.3) is 0 Å². The van der Waals surface area contributed by atoms with Crippen LogP contribution in [0.5, 0.6) is 0 Å². The van der Waals surface area contributed by atoms with Crippen LogP contribution < -0.4 is 4.72 Å². The highest BCUT2D eigenvalue weighted by Gasteiger charge is 2.38. The van der Waals surface area contributed by atoms with E-state index in [2.05, 4.69) is 17.7 Å². The topological polar surface area (TPSA) is 79.2 Å². The number of sulfonamides is 1. The van der Waals surface area contributed by atoms with E-state index < -0.39 is 15.6 Å². The third-order valence-electron chi connectivity index (χ3n) is 3.66. The molecule has 0 bridgehead atoms. The highest BCUT2D eigenvalue weighted by atomic mass is 32.2. The molecule has 0 aromatic heterocycles. The van der Waals surface area contributed by atoms with Gasteiger partial charge in [0.2, 0.25) is 10.0 Å². The number of methoxy groups -OCH3 is 1. The van der Waals surface area contributed by atoms with E-state index in [4.69, 9.17) is 4.74 Å². The fourth-order valence-electron chi connectivity index (χ4n) is 2.36. The van der Waals surface area contributed by atoms with Crippen LogP contribution in [-0.4, -0.2) is 33.4 Å². The molecule has 0 unspecified atom stereocenters. The van der Waals surface area contributed by atoms with E-state index in [9.17, 15) is 13.7 Å². The van der Waals surface area contributed by atoms with Gasteiger partial charge in [-0.3, -0.25) is 0 Å². The minimum atomic E-state index is -3.44. The van der Waals surface area contributed by atoms with Gasteiger partial charge in [-0.05, 0) is 31.6 Å². The van der Waals surface area contributed by atoms with Crippen LogP contribution in [0.1, 0.15) is 39.0 Å². The molecular weight excluding hydrogens is 252 g/mol. The number of hydrogen-bond acceptors (Lipinski definition) is 4. The molecule has 0 heterocycles. The molecule has 0 spiro atoms. The lowest BCUT2D eigenvalue weighted by atomic mass is 9.77. The van der Waals surface area contributed by atoms with E-state index >= 15 is 0 Å². The van der Waals surface area contributed by atoms with E-state index in [-0.39, 0.29) is 12.4 Å². The first-order valence-corrected chi connectivity index (χ1v) is 8.04. The van der Waals surface area contributed by atoms with Crippen molar-refractivity contribution in [3.05, 3.63) is 0 Å². The van der Waals surface area contributed by atoms with Crippen LogP contribution >= 0.6 is 0 Å². The van der Waals surface area contributed by atoms with Crippen molar-refractivity contribution in [1.29, 1.82) is 5.26 Å². The first-order chi connectivity index (χ1) is 8.47. The molecule has 1 saturated carbocycles. The zero-order valence-electron chi connectivity index (χ0n) is 11.1. The molecular formula is C12H22N2O3S. The quantitative estimate of drug-likeness (QED) is 0.794. The lowest BCUT2D eigenvalue weighted by Gasteiger charge is -2.34. The zero-order valence-corrected chi connectivity index (χ0v) is 11.9. The molecule has 1 aliphatic rings. The van der Waals surface area contributed by atoms with E-state index in [0.29, 0.717) is 18.8 Å². The Morgan fingerprint density at radius 2 is 2.06 bits per heavy atom. The van der Waals surface area contributed by atoms with Crippen molar-refractivity contribution in [1.82, 2.24) is 4.72 Å². The highest BCUT2D eigenvalue weighted by molar-refractivity contribution is 7.89. The average Bonchev–Trinajstić information content (AvgIpc) is 2.37. The van der Waals surface area contributed by atoms with Gasteiger partial charge >= 0.3 is 0 Å². The SMILES string of the molecule is CCC1CCC(C#N)(NS(=O)(=O)CCOC)CC1. The second-order valence-electron chi connectivity index (χ2n) is 4.96. The van der Waals surface area contributed by atoms with Crippen LogP contribution in [0.4, 0.5) is 0 Å². The van der Waals surface area contributed by atoms with Gasteiger partial charge in [0.15, 0.2) is 0 Å². The molecule has 0 amide bonds. The minimum absolute atomic E-state index is 0.0931. The van der Waals surface area contributed by atoms with Crippen molar-refractivity contribution in [2.45, 2.75) is 44.6 Å².